The predicted molar refractivity (Wildman–Crippen MR) is 93.6 cm³/mol. The number of nitrogens with one attached hydrogen (secondary N) is 1. The van der Waals surface area contributed by atoms with E-state index in [1.807, 2.05) is 6.92 Å². The van der Waals surface area contributed by atoms with E-state index in [2.05, 4.69) is 10.3 Å². The number of anilines is 1. The van der Waals surface area contributed by atoms with E-state index in [-0.39, 0.29) is 17.6 Å². The predicted octanol–water partition coefficient (Wildman–Crippen LogP) is 4.04. The van der Waals surface area contributed by atoms with Crippen LogP contribution in [0.15, 0.2) is 53.1 Å². The molecule has 1 aromatic carbocycles. The van der Waals surface area contributed by atoms with Crippen LogP contribution in [0.5, 0.6) is 0 Å². The van der Waals surface area contributed by atoms with Crippen molar-refractivity contribution in [2.45, 2.75) is 19.8 Å². The smallest absolute Gasteiger partial charge is 0.338 e. The van der Waals surface area contributed by atoms with E-state index in [9.17, 15) is 9.59 Å². The number of rotatable bonds is 6. The van der Waals surface area contributed by atoms with Crippen LogP contribution in [-0.2, 0) is 4.74 Å². The molecule has 0 aliphatic rings. The lowest BCUT2D eigenvalue weighted by atomic mass is 10.2. The van der Waals surface area contributed by atoms with Gasteiger partial charge < -0.3 is 14.5 Å². The summed E-state index contributed by atoms with van der Waals surface area (Å²) < 4.78 is 10.6. The quantitative estimate of drug-likeness (QED) is 0.542. The molecule has 0 saturated carbocycles. The summed E-state index contributed by atoms with van der Waals surface area (Å²) >= 11 is 0. The number of carbonyl (C=O) groups is 2. The second-order valence-electron chi connectivity index (χ2n) is 5.52. The van der Waals surface area contributed by atoms with Gasteiger partial charge in [-0.25, -0.2) is 4.79 Å². The van der Waals surface area contributed by atoms with Gasteiger partial charge in [-0.3, -0.25) is 9.78 Å². The molecule has 6 nitrogen and oxygen atoms in total. The number of ether oxygens (including phenoxy) is 1. The summed E-state index contributed by atoms with van der Waals surface area (Å²) in [7, 11) is 0. The lowest BCUT2D eigenvalue weighted by molar-refractivity contribution is 0.0499. The van der Waals surface area contributed by atoms with Crippen molar-refractivity contribution < 1.29 is 18.7 Å². The summed E-state index contributed by atoms with van der Waals surface area (Å²) in [6, 6.07) is 11.6. The van der Waals surface area contributed by atoms with Gasteiger partial charge in [-0.2, -0.15) is 0 Å². The Bertz CT molecular complexity index is 851. The fraction of sp³-hybridized carbons (Fsp3) is 0.211. The Labute approximate surface area is 144 Å². The largest absolute Gasteiger partial charge is 0.462 e. The van der Waals surface area contributed by atoms with Gasteiger partial charge in [-0.15, -0.1) is 0 Å². The number of hydrogen-bond donors (Lipinski definition) is 1. The Balaban J connectivity index is 1.64. The second-order valence-corrected chi connectivity index (χ2v) is 5.52. The van der Waals surface area contributed by atoms with Crippen LogP contribution in [0.4, 0.5) is 5.69 Å². The van der Waals surface area contributed by atoms with E-state index >= 15 is 0 Å². The molecule has 0 atom stereocenters. The maximum Gasteiger partial charge on any atom is 0.338 e. The van der Waals surface area contributed by atoms with Crippen LogP contribution in [0.25, 0.3) is 11.1 Å². The number of benzene rings is 1. The standard InChI is InChI=1S/C19H18N2O4/c1-2-3-11-24-19(23)13-6-8-14(9-7-13)21-18(22)17-12-15-16(25-17)5-4-10-20-15/h4-10,12H,2-3,11H2,1H3,(H,21,22). The van der Waals surface area contributed by atoms with Crippen LogP contribution in [0.2, 0.25) is 0 Å². The monoisotopic (exact) mass is 338 g/mol. The first-order valence-corrected chi connectivity index (χ1v) is 8.10. The Morgan fingerprint density at radius 1 is 1.20 bits per heavy atom. The number of hydrogen-bond acceptors (Lipinski definition) is 5. The normalized spacial score (nSPS) is 10.6. The van der Waals surface area contributed by atoms with Crippen LogP contribution in [0.1, 0.15) is 40.7 Å². The Hall–Kier alpha value is -3.15. The zero-order valence-electron chi connectivity index (χ0n) is 13.8. The number of pyridine rings is 1. The number of aromatic nitrogens is 1. The average molecular weight is 338 g/mol. The number of fused-ring (bicyclic) bond motifs is 1. The lowest BCUT2D eigenvalue weighted by Crippen LogP contribution is -2.11. The van der Waals surface area contributed by atoms with Crippen molar-refractivity contribution in [3.05, 3.63) is 60.0 Å². The zero-order chi connectivity index (χ0) is 17.6. The van der Waals surface area contributed by atoms with Gasteiger partial charge in [0.05, 0.1) is 12.2 Å². The van der Waals surface area contributed by atoms with Gasteiger partial charge in [0.15, 0.2) is 11.3 Å². The molecule has 0 unspecified atom stereocenters. The molecule has 3 aromatic rings. The van der Waals surface area contributed by atoms with Crippen molar-refractivity contribution in [3.63, 3.8) is 0 Å². The topological polar surface area (TPSA) is 81.4 Å². The molecule has 1 N–H and O–H groups in total. The molecule has 0 aliphatic carbocycles. The molecule has 3 rings (SSSR count). The van der Waals surface area contributed by atoms with Crippen molar-refractivity contribution >= 4 is 28.7 Å². The molecule has 25 heavy (non-hydrogen) atoms. The molecule has 1 amide bonds. The fourth-order valence-electron chi connectivity index (χ4n) is 2.26. The molecular weight excluding hydrogens is 320 g/mol. The maximum absolute atomic E-state index is 12.3. The number of unbranched alkanes of at least 4 members (excludes halogenated alkanes) is 1. The number of amides is 1. The molecule has 0 fully saturated rings. The van der Waals surface area contributed by atoms with Crippen molar-refractivity contribution in [1.82, 2.24) is 4.98 Å². The first-order valence-electron chi connectivity index (χ1n) is 8.10. The summed E-state index contributed by atoms with van der Waals surface area (Å²) in [5, 5.41) is 2.73. The highest BCUT2D eigenvalue weighted by molar-refractivity contribution is 6.04. The summed E-state index contributed by atoms with van der Waals surface area (Å²) in [6.07, 6.45) is 3.44. The van der Waals surface area contributed by atoms with Gasteiger partial charge in [0.1, 0.15) is 5.52 Å². The van der Waals surface area contributed by atoms with Crippen molar-refractivity contribution in [3.8, 4) is 0 Å². The summed E-state index contributed by atoms with van der Waals surface area (Å²) in [6.45, 7) is 2.44. The SMILES string of the molecule is CCCCOC(=O)c1ccc(NC(=O)c2cc3ncccc3o2)cc1. The molecule has 0 radical (unpaired) electrons. The number of furan rings is 1. The fourth-order valence-corrected chi connectivity index (χ4v) is 2.26. The molecule has 2 aromatic heterocycles. The molecule has 0 aliphatic heterocycles. The Kier molecular flexibility index (Phi) is 5.09. The van der Waals surface area contributed by atoms with Crippen molar-refractivity contribution in [2.24, 2.45) is 0 Å². The number of esters is 1. The van der Waals surface area contributed by atoms with E-state index < -0.39 is 0 Å². The van der Waals surface area contributed by atoms with Gasteiger partial charge in [-0.1, -0.05) is 13.3 Å². The van der Waals surface area contributed by atoms with Crippen LogP contribution < -0.4 is 5.32 Å². The third-order valence-corrected chi connectivity index (χ3v) is 3.62. The van der Waals surface area contributed by atoms with E-state index in [1.165, 1.54) is 0 Å². The molecular formula is C19H18N2O4. The molecule has 6 heteroatoms. The summed E-state index contributed by atoms with van der Waals surface area (Å²) in [5.41, 5.74) is 2.18. The van der Waals surface area contributed by atoms with E-state index in [4.69, 9.17) is 9.15 Å². The zero-order valence-corrected chi connectivity index (χ0v) is 13.8. The van der Waals surface area contributed by atoms with Crippen LogP contribution in [0.3, 0.4) is 0 Å². The number of nitrogens with zero attached hydrogens (tertiary/aromatic N) is 1. The highest BCUT2D eigenvalue weighted by Crippen LogP contribution is 2.18. The average Bonchev–Trinajstić information content (AvgIpc) is 3.07. The summed E-state index contributed by atoms with van der Waals surface area (Å²) in [4.78, 5) is 28.2. The van der Waals surface area contributed by atoms with Gasteiger partial charge >= 0.3 is 5.97 Å². The molecule has 0 bridgehead atoms. The lowest BCUT2D eigenvalue weighted by Gasteiger charge is -2.06. The molecule has 2 heterocycles. The highest BCUT2D eigenvalue weighted by atomic mass is 16.5. The molecule has 128 valence electrons. The second kappa shape index (κ2) is 7.61. The molecule has 0 saturated heterocycles. The third-order valence-electron chi connectivity index (χ3n) is 3.62. The van der Waals surface area contributed by atoms with Crippen LogP contribution >= 0.6 is 0 Å². The van der Waals surface area contributed by atoms with Gasteiger partial charge in [0.2, 0.25) is 0 Å². The Morgan fingerprint density at radius 2 is 2.00 bits per heavy atom. The first-order chi connectivity index (χ1) is 12.2. The molecule has 0 spiro atoms. The minimum Gasteiger partial charge on any atom is -0.462 e. The highest BCUT2D eigenvalue weighted by Gasteiger charge is 2.13. The minimum absolute atomic E-state index is 0.178. The minimum atomic E-state index is -0.378. The van der Waals surface area contributed by atoms with Gasteiger partial charge in [-0.05, 0) is 42.8 Å². The van der Waals surface area contributed by atoms with E-state index in [0.717, 1.165) is 12.8 Å². The van der Waals surface area contributed by atoms with E-state index in [0.29, 0.717) is 29.0 Å². The summed E-state index contributed by atoms with van der Waals surface area (Å²) in [5.74, 6) is -0.567. The Morgan fingerprint density at radius 3 is 2.72 bits per heavy atom. The maximum atomic E-state index is 12.3. The van der Waals surface area contributed by atoms with E-state index in [1.54, 1.807) is 48.7 Å². The number of carbonyl (C=O) groups excluding carboxylic acids is 2. The van der Waals surface area contributed by atoms with Gasteiger partial charge in [0, 0.05) is 18.0 Å². The van der Waals surface area contributed by atoms with Crippen molar-refractivity contribution in [2.75, 3.05) is 11.9 Å². The first kappa shape index (κ1) is 16.7. The van der Waals surface area contributed by atoms with Crippen LogP contribution in [-0.4, -0.2) is 23.5 Å². The van der Waals surface area contributed by atoms with Crippen molar-refractivity contribution in [1.29, 1.82) is 0 Å². The third kappa shape index (κ3) is 4.03. The van der Waals surface area contributed by atoms with Gasteiger partial charge in [0.25, 0.3) is 5.91 Å². The van der Waals surface area contributed by atoms with Crippen LogP contribution in [0, 0.1) is 0 Å².